The molecule has 16 heavy (non-hydrogen) atoms. The van der Waals surface area contributed by atoms with Gasteiger partial charge in [-0.1, -0.05) is 6.08 Å². The first-order valence-corrected chi connectivity index (χ1v) is 5.62. The van der Waals surface area contributed by atoms with Gasteiger partial charge in [0.1, 0.15) is 5.75 Å². The minimum atomic E-state index is 0.700. The van der Waals surface area contributed by atoms with Crippen molar-refractivity contribution in [1.29, 1.82) is 0 Å². The average Bonchev–Trinajstić information content (AvgIpc) is 2.28. The van der Waals surface area contributed by atoms with Gasteiger partial charge in [0, 0.05) is 0 Å². The van der Waals surface area contributed by atoms with E-state index in [1.165, 1.54) is 22.3 Å². The van der Waals surface area contributed by atoms with Crippen molar-refractivity contribution >= 4 is 5.57 Å². The van der Waals surface area contributed by atoms with Crippen LogP contribution in [0.1, 0.15) is 30.0 Å². The molecule has 0 aliphatic carbocycles. The zero-order valence-electron chi connectivity index (χ0n) is 10.6. The summed E-state index contributed by atoms with van der Waals surface area (Å²) in [4.78, 5) is 0. The van der Waals surface area contributed by atoms with E-state index in [2.05, 4.69) is 39.0 Å². The fourth-order valence-corrected chi connectivity index (χ4v) is 1.84. The topological polar surface area (TPSA) is 35.2 Å². The van der Waals surface area contributed by atoms with Gasteiger partial charge >= 0.3 is 0 Å². The standard InChI is InChI=1S/C14H21NO/c1-10(6-5-7-15)13-8-12(3)14(16-4)9-11(13)2/h6,8-9H,5,7,15H2,1-4H3/b10-6+. The quantitative estimate of drug-likeness (QED) is 0.844. The highest BCUT2D eigenvalue weighted by molar-refractivity contribution is 5.68. The van der Waals surface area contributed by atoms with Crippen LogP contribution in [-0.2, 0) is 0 Å². The molecule has 2 N–H and O–H groups in total. The van der Waals surface area contributed by atoms with Crippen molar-refractivity contribution in [3.8, 4) is 5.75 Å². The zero-order valence-corrected chi connectivity index (χ0v) is 10.6. The number of allylic oxidation sites excluding steroid dienone is 1. The molecule has 0 saturated carbocycles. The molecule has 0 unspecified atom stereocenters. The van der Waals surface area contributed by atoms with Crippen molar-refractivity contribution in [2.75, 3.05) is 13.7 Å². The predicted octanol–water partition coefficient (Wildman–Crippen LogP) is 3.06. The number of aryl methyl sites for hydroxylation is 2. The van der Waals surface area contributed by atoms with E-state index in [1.54, 1.807) is 7.11 Å². The Hall–Kier alpha value is -1.28. The Bertz CT molecular complexity index is 394. The second-order valence-corrected chi connectivity index (χ2v) is 4.10. The first-order chi connectivity index (χ1) is 7.60. The third kappa shape index (κ3) is 2.86. The van der Waals surface area contributed by atoms with Gasteiger partial charge in [0.15, 0.2) is 0 Å². The number of benzene rings is 1. The Kier molecular flexibility index (Phi) is 4.56. The molecule has 1 aromatic rings. The lowest BCUT2D eigenvalue weighted by atomic mass is 9.98. The largest absolute Gasteiger partial charge is 0.496 e. The fourth-order valence-electron chi connectivity index (χ4n) is 1.84. The SMILES string of the molecule is COc1cc(C)c(/C(C)=C/CCN)cc1C. The van der Waals surface area contributed by atoms with Crippen LogP contribution in [0.2, 0.25) is 0 Å². The summed E-state index contributed by atoms with van der Waals surface area (Å²) in [6.07, 6.45) is 3.12. The highest BCUT2D eigenvalue weighted by Crippen LogP contribution is 2.27. The van der Waals surface area contributed by atoms with Crippen LogP contribution in [0.15, 0.2) is 18.2 Å². The van der Waals surface area contributed by atoms with E-state index in [-0.39, 0.29) is 0 Å². The summed E-state index contributed by atoms with van der Waals surface area (Å²) >= 11 is 0. The van der Waals surface area contributed by atoms with Gasteiger partial charge in [-0.3, -0.25) is 0 Å². The fraction of sp³-hybridized carbons (Fsp3) is 0.429. The van der Waals surface area contributed by atoms with Crippen LogP contribution in [0.4, 0.5) is 0 Å². The second-order valence-electron chi connectivity index (χ2n) is 4.10. The summed E-state index contributed by atoms with van der Waals surface area (Å²) in [6, 6.07) is 4.26. The van der Waals surface area contributed by atoms with Gasteiger partial charge in [0.25, 0.3) is 0 Å². The second kappa shape index (κ2) is 5.71. The smallest absolute Gasteiger partial charge is 0.122 e. The summed E-state index contributed by atoms with van der Waals surface area (Å²) in [5, 5.41) is 0. The van der Waals surface area contributed by atoms with Crippen molar-refractivity contribution in [2.45, 2.75) is 27.2 Å². The van der Waals surface area contributed by atoms with E-state index in [0.29, 0.717) is 6.54 Å². The molecule has 1 rings (SSSR count). The summed E-state index contributed by atoms with van der Waals surface area (Å²) in [7, 11) is 1.71. The monoisotopic (exact) mass is 219 g/mol. The van der Waals surface area contributed by atoms with E-state index in [4.69, 9.17) is 10.5 Å². The minimum absolute atomic E-state index is 0.700. The van der Waals surface area contributed by atoms with Crippen molar-refractivity contribution in [2.24, 2.45) is 5.73 Å². The van der Waals surface area contributed by atoms with Crippen LogP contribution in [0.5, 0.6) is 5.75 Å². The molecule has 0 atom stereocenters. The molecule has 0 aliphatic heterocycles. The van der Waals surface area contributed by atoms with Gasteiger partial charge in [-0.15, -0.1) is 0 Å². The third-order valence-corrected chi connectivity index (χ3v) is 2.78. The highest BCUT2D eigenvalue weighted by atomic mass is 16.5. The number of methoxy groups -OCH3 is 1. The van der Waals surface area contributed by atoms with Crippen molar-refractivity contribution in [3.05, 3.63) is 34.9 Å². The normalized spacial score (nSPS) is 11.7. The Morgan fingerprint density at radius 1 is 1.31 bits per heavy atom. The van der Waals surface area contributed by atoms with Crippen LogP contribution >= 0.6 is 0 Å². The first-order valence-electron chi connectivity index (χ1n) is 5.62. The molecule has 0 spiro atoms. The van der Waals surface area contributed by atoms with E-state index in [9.17, 15) is 0 Å². The molecule has 0 amide bonds. The molecule has 0 bridgehead atoms. The van der Waals surface area contributed by atoms with Gasteiger partial charge in [-0.25, -0.2) is 0 Å². The van der Waals surface area contributed by atoms with Gasteiger partial charge in [-0.2, -0.15) is 0 Å². The molecule has 2 heteroatoms. The molecule has 0 radical (unpaired) electrons. The first kappa shape index (κ1) is 12.8. The van der Waals surface area contributed by atoms with Crippen molar-refractivity contribution in [3.63, 3.8) is 0 Å². The van der Waals surface area contributed by atoms with E-state index >= 15 is 0 Å². The Morgan fingerprint density at radius 2 is 2.00 bits per heavy atom. The lowest BCUT2D eigenvalue weighted by Crippen LogP contribution is -1.97. The number of hydrogen-bond acceptors (Lipinski definition) is 2. The summed E-state index contributed by atoms with van der Waals surface area (Å²) in [6.45, 7) is 7.00. The Labute approximate surface area is 98.1 Å². The van der Waals surface area contributed by atoms with E-state index in [1.807, 2.05) is 0 Å². The molecule has 0 aliphatic rings. The molecule has 0 fully saturated rings. The summed E-state index contributed by atoms with van der Waals surface area (Å²) < 4.78 is 5.30. The number of ether oxygens (including phenoxy) is 1. The average molecular weight is 219 g/mol. The van der Waals surface area contributed by atoms with Crippen molar-refractivity contribution in [1.82, 2.24) is 0 Å². The predicted molar refractivity (Wildman–Crippen MR) is 69.8 cm³/mol. The Morgan fingerprint density at radius 3 is 2.56 bits per heavy atom. The third-order valence-electron chi connectivity index (χ3n) is 2.78. The van der Waals surface area contributed by atoms with Crippen LogP contribution in [0.3, 0.4) is 0 Å². The van der Waals surface area contributed by atoms with Gasteiger partial charge in [0.05, 0.1) is 7.11 Å². The molecule has 88 valence electrons. The Balaban J connectivity index is 3.10. The van der Waals surface area contributed by atoms with E-state index in [0.717, 1.165) is 12.2 Å². The molecular formula is C14H21NO. The van der Waals surface area contributed by atoms with Crippen LogP contribution in [-0.4, -0.2) is 13.7 Å². The summed E-state index contributed by atoms with van der Waals surface area (Å²) in [5.74, 6) is 0.952. The molecule has 0 aromatic heterocycles. The van der Waals surface area contributed by atoms with Crippen LogP contribution in [0, 0.1) is 13.8 Å². The lowest BCUT2D eigenvalue weighted by molar-refractivity contribution is 0.411. The summed E-state index contributed by atoms with van der Waals surface area (Å²) in [5.41, 5.74) is 10.5. The molecule has 0 heterocycles. The molecule has 0 saturated heterocycles. The van der Waals surface area contributed by atoms with Gasteiger partial charge in [0.2, 0.25) is 0 Å². The van der Waals surface area contributed by atoms with Crippen LogP contribution < -0.4 is 10.5 Å². The maximum absolute atomic E-state index is 5.50. The zero-order chi connectivity index (χ0) is 12.1. The molecular weight excluding hydrogens is 198 g/mol. The van der Waals surface area contributed by atoms with Gasteiger partial charge in [-0.05, 0) is 68.1 Å². The number of rotatable bonds is 4. The highest BCUT2D eigenvalue weighted by Gasteiger charge is 2.05. The molecule has 2 nitrogen and oxygen atoms in total. The lowest BCUT2D eigenvalue weighted by Gasteiger charge is -2.11. The number of hydrogen-bond donors (Lipinski definition) is 1. The van der Waals surface area contributed by atoms with Gasteiger partial charge < -0.3 is 10.5 Å². The maximum Gasteiger partial charge on any atom is 0.122 e. The van der Waals surface area contributed by atoms with Crippen LogP contribution in [0.25, 0.3) is 5.57 Å². The molecule has 1 aromatic carbocycles. The maximum atomic E-state index is 5.50. The van der Waals surface area contributed by atoms with E-state index < -0.39 is 0 Å². The minimum Gasteiger partial charge on any atom is -0.496 e. The van der Waals surface area contributed by atoms with Crippen molar-refractivity contribution < 1.29 is 4.74 Å². The number of nitrogens with two attached hydrogens (primary N) is 1.